The van der Waals surface area contributed by atoms with E-state index in [-0.39, 0.29) is 12.1 Å². The van der Waals surface area contributed by atoms with Crippen molar-refractivity contribution in [1.82, 2.24) is 19.8 Å². The Balaban J connectivity index is 1.50. The van der Waals surface area contributed by atoms with E-state index in [0.717, 1.165) is 82.0 Å². The van der Waals surface area contributed by atoms with Crippen molar-refractivity contribution in [3.8, 4) is 0 Å². The molecule has 1 fully saturated rings. The fourth-order valence-electron chi connectivity index (χ4n) is 5.37. The van der Waals surface area contributed by atoms with Crippen LogP contribution in [0.2, 0.25) is 0 Å². The van der Waals surface area contributed by atoms with Gasteiger partial charge in [-0.25, -0.2) is 9.78 Å². The second-order valence-corrected chi connectivity index (χ2v) is 9.42. The van der Waals surface area contributed by atoms with Gasteiger partial charge in [0.2, 0.25) is 0 Å². The van der Waals surface area contributed by atoms with E-state index in [9.17, 15) is 4.79 Å². The van der Waals surface area contributed by atoms with Crippen LogP contribution < -0.4 is 10.2 Å². The fraction of sp³-hybridized carbons (Fsp3) is 0.481. The summed E-state index contributed by atoms with van der Waals surface area (Å²) in [7, 11) is 1.45. The molecule has 1 aromatic heterocycles. The van der Waals surface area contributed by atoms with Crippen molar-refractivity contribution in [2.75, 3.05) is 44.7 Å². The maximum absolute atomic E-state index is 12.6. The number of anilines is 1. The van der Waals surface area contributed by atoms with Crippen molar-refractivity contribution in [3.63, 3.8) is 0 Å². The van der Waals surface area contributed by atoms with Crippen LogP contribution in [0.4, 0.5) is 10.5 Å². The highest BCUT2D eigenvalue weighted by Crippen LogP contribution is 2.36. The summed E-state index contributed by atoms with van der Waals surface area (Å²) in [5.41, 5.74) is 5.66. The van der Waals surface area contributed by atoms with Crippen molar-refractivity contribution in [3.05, 3.63) is 59.4 Å². The second kappa shape index (κ2) is 10.2. The standard InChI is InChI=1S/C27H35N5O2/c1-20-8-10-22-23(32(20)27(33)34-2)11-12-24-26(22)29-25(13-9-21-6-4-3-5-7-21)31(24)19-18-30-16-14-28-15-17-30/h3-7,11-12,20,28H,8-10,13-19H2,1-2H3/t20-/m0/s1. The second-order valence-electron chi connectivity index (χ2n) is 9.42. The molecule has 7 nitrogen and oxygen atoms in total. The number of hydrogen-bond acceptors (Lipinski definition) is 5. The number of fused-ring (bicyclic) bond motifs is 3. The summed E-state index contributed by atoms with van der Waals surface area (Å²) >= 11 is 0. The van der Waals surface area contributed by atoms with Crippen LogP contribution in [-0.2, 0) is 30.5 Å². The molecule has 3 aromatic rings. The number of methoxy groups -OCH3 is 1. The summed E-state index contributed by atoms with van der Waals surface area (Å²) < 4.78 is 7.52. The Morgan fingerprint density at radius 2 is 1.88 bits per heavy atom. The molecule has 34 heavy (non-hydrogen) atoms. The zero-order chi connectivity index (χ0) is 23.5. The van der Waals surface area contributed by atoms with Crippen LogP contribution >= 0.6 is 0 Å². The van der Waals surface area contributed by atoms with Gasteiger partial charge in [-0.1, -0.05) is 30.3 Å². The SMILES string of the molecule is COC(=O)N1c2ccc3c(nc(CCc4ccccc4)n3CCN3CCNCC3)c2CC[C@@H]1C. The molecule has 0 spiro atoms. The summed E-state index contributed by atoms with van der Waals surface area (Å²) in [5, 5.41) is 3.44. The molecule has 0 saturated carbocycles. The molecule has 3 heterocycles. The maximum Gasteiger partial charge on any atom is 0.414 e. The lowest BCUT2D eigenvalue weighted by atomic mass is 9.96. The predicted octanol–water partition coefficient (Wildman–Crippen LogP) is 3.63. The van der Waals surface area contributed by atoms with Crippen molar-refractivity contribution >= 4 is 22.8 Å². The minimum Gasteiger partial charge on any atom is -0.452 e. The highest BCUT2D eigenvalue weighted by Gasteiger charge is 2.31. The number of amides is 1. The number of aryl methyl sites for hydroxylation is 3. The fourth-order valence-corrected chi connectivity index (χ4v) is 5.37. The summed E-state index contributed by atoms with van der Waals surface area (Å²) in [6, 6.07) is 15.0. The number of carbonyl (C=O) groups excluding carboxylic acids is 1. The summed E-state index contributed by atoms with van der Waals surface area (Å²) in [6.45, 7) is 8.33. The Morgan fingerprint density at radius 1 is 1.09 bits per heavy atom. The van der Waals surface area contributed by atoms with E-state index >= 15 is 0 Å². The first kappa shape index (κ1) is 22.9. The average molecular weight is 462 g/mol. The number of nitrogens with one attached hydrogen (secondary N) is 1. The number of carbonyl (C=O) groups is 1. The highest BCUT2D eigenvalue weighted by atomic mass is 16.5. The highest BCUT2D eigenvalue weighted by molar-refractivity contribution is 5.95. The zero-order valence-electron chi connectivity index (χ0n) is 20.3. The van der Waals surface area contributed by atoms with E-state index in [2.05, 4.69) is 64.2 Å². The lowest BCUT2D eigenvalue weighted by Crippen LogP contribution is -2.44. The van der Waals surface area contributed by atoms with Crippen LogP contribution in [0.3, 0.4) is 0 Å². The van der Waals surface area contributed by atoms with Crippen molar-refractivity contribution in [2.24, 2.45) is 0 Å². The topological polar surface area (TPSA) is 62.6 Å². The third-order valence-corrected chi connectivity index (χ3v) is 7.29. The van der Waals surface area contributed by atoms with Gasteiger partial charge in [-0.15, -0.1) is 0 Å². The van der Waals surface area contributed by atoms with Crippen molar-refractivity contribution in [1.29, 1.82) is 0 Å². The Morgan fingerprint density at radius 3 is 2.65 bits per heavy atom. The molecule has 1 amide bonds. The van der Waals surface area contributed by atoms with Gasteiger partial charge in [0.25, 0.3) is 0 Å². The number of ether oxygens (including phenoxy) is 1. The Hall–Kier alpha value is -2.90. The lowest BCUT2D eigenvalue weighted by Gasteiger charge is -2.34. The Bertz CT molecular complexity index is 1140. The van der Waals surface area contributed by atoms with Gasteiger partial charge < -0.3 is 14.6 Å². The van der Waals surface area contributed by atoms with E-state index in [1.165, 1.54) is 23.8 Å². The Labute approximate surface area is 201 Å². The molecule has 0 bridgehead atoms. The zero-order valence-corrected chi connectivity index (χ0v) is 20.3. The number of hydrogen-bond donors (Lipinski definition) is 1. The van der Waals surface area contributed by atoms with E-state index < -0.39 is 0 Å². The maximum atomic E-state index is 12.6. The van der Waals surface area contributed by atoms with Crippen LogP contribution in [0.15, 0.2) is 42.5 Å². The molecule has 7 heteroatoms. The largest absolute Gasteiger partial charge is 0.452 e. The van der Waals surface area contributed by atoms with Crippen molar-refractivity contribution < 1.29 is 9.53 Å². The number of aromatic nitrogens is 2. The molecule has 0 radical (unpaired) electrons. The van der Waals surface area contributed by atoms with Gasteiger partial charge in [-0.3, -0.25) is 9.80 Å². The molecule has 2 aromatic carbocycles. The van der Waals surface area contributed by atoms with Gasteiger partial charge in [0.05, 0.1) is 23.8 Å². The van der Waals surface area contributed by atoms with Gasteiger partial charge >= 0.3 is 6.09 Å². The molecular formula is C27H35N5O2. The van der Waals surface area contributed by atoms with Gasteiger partial charge in [0.1, 0.15) is 5.82 Å². The Kier molecular flexibility index (Phi) is 6.83. The van der Waals surface area contributed by atoms with Crippen LogP contribution in [0, 0.1) is 0 Å². The van der Waals surface area contributed by atoms with E-state index in [1.54, 1.807) is 4.90 Å². The molecule has 5 rings (SSSR count). The molecule has 1 atom stereocenters. The smallest absolute Gasteiger partial charge is 0.414 e. The number of rotatable bonds is 6. The molecule has 0 unspecified atom stereocenters. The average Bonchev–Trinajstić information content (AvgIpc) is 3.24. The minimum atomic E-state index is -0.296. The predicted molar refractivity (Wildman–Crippen MR) is 136 cm³/mol. The monoisotopic (exact) mass is 461 g/mol. The first-order chi connectivity index (χ1) is 16.7. The summed E-state index contributed by atoms with van der Waals surface area (Å²) in [6.07, 6.45) is 3.40. The van der Waals surface area contributed by atoms with Gasteiger partial charge in [0, 0.05) is 57.3 Å². The molecule has 1 N–H and O–H groups in total. The van der Waals surface area contributed by atoms with E-state index in [4.69, 9.17) is 9.72 Å². The molecular weight excluding hydrogens is 426 g/mol. The molecule has 180 valence electrons. The van der Waals surface area contributed by atoms with Crippen LogP contribution in [0.1, 0.15) is 30.3 Å². The van der Waals surface area contributed by atoms with Gasteiger partial charge in [0.15, 0.2) is 0 Å². The number of nitrogens with zero attached hydrogens (tertiary/aromatic N) is 4. The molecule has 2 aliphatic heterocycles. The number of piperazine rings is 1. The van der Waals surface area contributed by atoms with Crippen LogP contribution in [-0.4, -0.2) is 66.4 Å². The quantitative estimate of drug-likeness (QED) is 0.607. The third kappa shape index (κ3) is 4.55. The van der Waals surface area contributed by atoms with Crippen LogP contribution in [0.25, 0.3) is 11.0 Å². The summed E-state index contributed by atoms with van der Waals surface area (Å²) in [4.78, 5) is 22.1. The molecule has 0 aliphatic carbocycles. The van der Waals surface area contributed by atoms with Gasteiger partial charge in [-0.2, -0.15) is 0 Å². The lowest BCUT2D eigenvalue weighted by molar-refractivity contribution is 0.175. The molecule has 1 saturated heterocycles. The molecule has 2 aliphatic rings. The third-order valence-electron chi connectivity index (χ3n) is 7.29. The number of imidazole rings is 1. The number of benzene rings is 2. The summed E-state index contributed by atoms with van der Waals surface area (Å²) in [5.74, 6) is 1.13. The first-order valence-corrected chi connectivity index (χ1v) is 12.5. The minimum absolute atomic E-state index is 0.116. The van der Waals surface area contributed by atoms with E-state index in [0.29, 0.717) is 0 Å². The first-order valence-electron chi connectivity index (χ1n) is 12.5. The van der Waals surface area contributed by atoms with Crippen LogP contribution in [0.5, 0.6) is 0 Å². The van der Waals surface area contributed by atoms with Gasteiger partial charge in [-0.05, 0) is 43.9 Å². The van der Waals surface area contributed by atoms with E-state index in [1.807, 2.05) is 0 Å². The normalized spacial score (nSPS) is 18.8. The van der Waals surface area contributed by atoms with Crippen molar-refractivity contribution in [2.45, 2.75) is 45.2 Å².